The van der Waals surface area contributed by atoms with Gasteiger partial charge in [0.25, 0.3) is 0 Å². The van der Waals surface area contributed by atoms with Gasteiger partial charge >= 0.3 is 0 Å². The van der Waals surface area contributed by atoms with E-state index in [2.05, 4.69) is 0 Å². The van der Waals surface area contributed by atoms with Crippen molar-refractivity contribution in [2.45, 2.75) is 20.3 Å². The lowest BCUT2D eigenvalue weighted by Gasteiger charge is -2.06. The monoisotopic (exact) mass is 196 g/mol. The number of aryl methyl sites for hydroxylation is 1. The number of carbonyl (C=O) groups is 1. The molecule has 0 spiro atoms. The number of hydrogen-bond acceptors (Lipinski definition) is 2. The van der Waals surface area contributed by atoms with Crippen molar-refractivity contribution < 1.29 is 13.9 Å². The Morgan fingerprint density at radius 1 is 1.50 bits per heavy atom. The molecule has 1 aromatic rings. The summed E-state index contributed by atoms with van der Waals surface area (Å²) < 4.78 is 18.1. The summed E-state index contributed by atoms with van der Waals surface area (Å²) in [6.45, 7) is 3.53. The molecule has 1 rings (SSSR count). The lowest BCUT2D eigenvalue weighted by atomic mass is 10.2. The summed E-state index contributed by atoms with van der Waals surface area (Å²) in [4.78, 5) is 10.9. The number of rotatable bonds is 4. The molecule has 0 heterocycles. The second-order valence-corrected chi connectivity index (χ2v) is 3.11. The fourth-order valence-corrected chi connectivity index (χ4v) is 0.981. The second-order valence-electron chi connectivity index (χ2n) is 3.11. The van der Waals surface area contributed by atoms with Gasteiger partial charge in [0, 0.05) is 6.42 Å². The molecule has 0 aromatic heterocycles. The van der Waals surface area contributed by atoms with Crippen LogP contribution < -0.4 is 4.74 Å². The Hall–Kier alpha value is -1.38. The van der Waals surface area contributed by atoms with E-state index in [-0.39, 0.29) is 18.1 Å². The van der Waals surface area contributed by atoms with Gasteiger partial charge in [-0.2, -0.15) is 0 Å². The predicted octanol–water partition coefficient (Wildman–Crippen LogP) is 2.49. The Kier molecular flexibility index (Phi) is 3.63. The maximum absolute atomic E-state index is 13.1. The Morgan fingerprint density at radius 2 is 2.21 bits per heavy atom. The molecule has 0 radical (unpaired) electrons. The average Bonchev–Trinajstić information content (AvgIpc) is 2.19. The predicted molar refractivity (Wildman–Crippen MR) is 51.9 cm³/mol. The quantitative estimate of drug-likeness (QED) is 0.739. The molecular formula is C11H13FO2. The number of ketones is 1. The first-order valence-corrected chi connectivity index (χ1v) is 4.54. The summed E-state index contributed by atoms with van der Waals surface area (Å²) in [5, 5.41) is 0. The van der Waals surface area contributed by atoms with Gasteiger partial charge < -0.3 is 4.74 Å². The Balaban J connectivity index is 2.66. The van der Waals surface area contributed by atoms with Crippen LogP contribution in [0.25, 0.3) is 0 Å². The highest BCUT2D eigenvalue weighted by Gasteiger charge is 2.05. The van der Waals surface area contributed by atoms with Gasteiger partial charge in [-0.3, -0.25) is 4.79 Å². The minimum atomic E-state index is -0.431. The molecule has 0 fully saturated rings. The lowest BCUT2D eigenvalue weighted by Crippen LogP contribution is -2.10. The zero-order valence-electron chi connectivity index (χ0n) is 8.34. The summed E-state index contributed by atoms with van der Waals surface area (Å²) in [6, 6.07) is 4.57. The molecule has 76 valence electrons. The summed E-state index contributed by atoms with van der Waals surface area (Å²) >= 11 is 0. The Morgan fingerprint density at radius 3 is 2.86 bits per heavy atom. The molecule has 0 unspecified atom stereocenters. The highest BCUT2D eigenvalue weighted by molar-refractivity contribution is 5.79. The standard InChI is InChI=1S/C11H13FO2/c1-3-9(13)7-14-11-6-8(2)4-5-10(11)12/h4-6H,3,7H2,1-2H3. The zero-order valence-corrected chi connectivity index (χ0v) is 8.34. The van der Waals surface area contributed by atoms with Crippen LogP contribution in [0.1, 0.15) is 18.9 Å². The molecule has 0 aliphatic rings. The van der Waals surface area contributed by atoms with E-state index in [0.29, 0.717) is 6.42 Å². The van der Waals surface area contributed by atoms with E-state index in [1.807, 2.05) is 6.92 Å². The molecule has 2 nitrogen and oxygen atoms in total. The molecule has 0 amide bonds. The van der Waals surface area contributed by atoms with E-state index in [1.165, 1.54) is 6.07 Å². The van der Waals surface area contributed by atoms with Crippen molar-refractivity contribution >= 4 is 5.78 Å². The van der Waals surface area contributed by atoms with Crippen molar-refractivity contribution in [2.24, 2.45) is 0 Å². The minimum Gasteiger partial charge on any atom is -0.483 e. The lowest BCUT2D eigenvalue weighted by molar-refractivity contribution is -0.120. The number of halogens is 1. The summed E-state index contributed by atoms with van der Waals surface area (Å²) in [5.41, 5.74) is 0.908. The first kappa shape index (κ1) is 10.7. The normalized spacial score (nSPS) is 9.93. The van der Waals surface area contributed by atoms with E-state index >= 15 is 0 Å². The van der Waals surface area contributed by atoms with Gasteiger partial charge in [0.2, 0.25) is 0 Å². The van der Waals surface area contributed by atoms with E-state index in [0.717, 1.165) is 5.56 Å². The third-order valence-electron chi connectivity index (χ3n) is 1.87. The van der Waals surface area contributed by atoms with Crippen LogP contribution in [0.5, 0.6) is 5.75 Å². The van der Waals surface area contributed by atoms with Crippen LogP contribution in [0.15, 0.2) is 18.2 Å². The average molecular weight is 196 g/mol. The van der Waals surface area contributed by atoms with Gasteiger partial charge in [0.05, 0.1) is 0 Å². The van der Waals surface area contributed by atoms with Crippen LogP contribution >= 0.6 is 0 Å². The number of hydrogen-bond donors (Lipinski definition) is 0. The van der Waals surface area contributed by atoms with Crippen LogP contribution in [0.3, 0.4) is 0 Å². The van der Waals surface area contributed by atoms with E-state index in [4.69, 9.17) is 4.74 Å². The maximum Gasteiger partial charge on any atom is 0.169 e. The highest BCUT2D eigenvalue weighted by Crippen LogP contribution is 2.18. The smallest absolute Gasteiger partial charge is 0.169 e. The highest BCUT2D eigenvalue weighted by atomic mass is 19.1. The molecule has 0 aliphatic carbocycles. The van der Waals surface area contributed by atoms with Crippen molar-refractivity contribution in [2.75, 3.05) is 6.61 Å². The molecule has 0 bridgehead atoms. The van der Waals surface area contributed by atoms with Crippen molar-refractivity contribution in [1.82, 2.24) is 0 Å². The summed E-state index contributed by atoms with van der Waals surface area (Å²) in [6.07, 6.45) is 0.410. The fourth-order valence-electron chi connectivity index (χ4n) is 0.981. The number of ether oxygens (including phenoxy) is 1. The van der Waals surface area contributed by atoms with Crippen molar-refractivity contribution in [3.8, 4) is 5.75 Å². The molecular weight excluding hydrogens is 183 g/mol. The summed E-state index contributed by atoms with van der Waals surface area (Å²) in [7, 11) is 0. The number of benzene rings is 1. The van der Waals surface area contributed by atoms with Gasteiger partial charge in [-0.05, 0) is 24.6 Å². The van der Waals surface area contributed by atoms with Crippen LogP contribution in [-0.4, -0.2) is 12.4 Å². The molecule has 14 heavy (non-hydrogen) atoms. The first-order valence-electron chi connectivity index (χ1n) is 4.54. The molecule has 0 N–H and O–H groups in total. The topological polar surface area (TPSA) is 26.3 Å². The molecule has 1 aromatic carbocycles. The van der Waals surface area contributed by atoms with Crippen LogP contribution in [-0.2, 0) is 4.79 Å². The third kappa shape index (κ3) is 2.83. The molecule has 0 saturated heterocycles. The van der Waals surface area contributed by atoms with E-state index in [1.54, 1.807) is 19.1 Å². The SMILES string of the molecule is CCC(=O)COc1cc(C)ccc1F. The maximum atomic E-state index is 13.1. The molecule has 0 saturated carbocycles. The zero-order chi connectivity index (χ0) is 10.6. The molecule has 0 atom stereocenters. The van der Waals surface area contributed by atoms with Crippen LogP contribution in [0, 0.1) is 12.7 Å². The van der Waals surface area contributed by atoms with Crippen molar-refractivity contribution in [1.29, 1.82) is 0 Å². The third-order valence-corrected chi connectivity index (χ3v) is 1.87. The van der Waals surface area contributed by atoms with Gasteiger partial charge in [-0.1, -0.05) is 13.0 Å². The van der Waals surface area contributed by atoms with Gasteiger partial charge in [-0.25, -0.2) is 4.39 Å². The molecule has 0 aliphatic heterocycles. The van der Waals surface area contributed by atoms with Gasteiger partial charge in [0.15, 0.2) is 17.3 Å². The first-order chi connectivity index (χ1) is 6.63. The van der Waals surface area contributed by atoms with Crippen molar-refractivity contribution in [3.63, 3.8) is 0 Å². The van der Waals surface area contributed by atoms with Gasteiger partial charge in [0.1, 0.15) is 6.61 Å². The van der Waals surface area contributed by atoms with Crippen LogP contribution in [0.2, 0.25) is 0 Å². The largest absolute Gasteiger partial charge is 0.483 e. The minimum absolute atomic E-state index is 0.0362. The van der Waals surface area contributed by atoms with E-state index < -0.39 is 5.82 Å². The molecule has 3 heteroatoms. The number of carbonyl (C=O) groups excluding carboxylic acids is 1. The van der Waals surface area contributed by atoms with Crippen LogP contribution in [0.4, 0.5) is 4.39 Å². The van der Waals surface area contributed by atoms with Gasteiger partial charge in [-0.15, -0.1) is 0 Å². The Bertz CT molecular complexity index is 334. The Labute approximate surface area is 82.7 Å². The fraction of sp³-hybridized carbons (Fsp3) is 0.364. The van der Waals surface area contributed by atoms with E-state index in [9.17, 15) is 9.18 Å². The van der Waals surface area contributed by atoms with Crippen molar-refractivity contribution in [3.05, 3.63) is 29.6 Å². The number of Topliss-reactive ketones (excluding diaryl/α,β-unsaturated/α-hetero) is 1. The summed E-state index contributed by atoms with van der Waals surface area (Å²) in [5.74, 6) is -0.322. The second kappa shape index (κ2) is 4.74.